The minimum atomic E-state index is -0.462. The molecule has 0 bridgehead atoms. The van der Waals surface area contributed by atoms with Crippen molar-refractivity contribution in [2.45, 2.75) is 6.92 Å². The SMILES string of the molecule is Cc1cccc(OCCNc2ccncc2[N+](=O)[O-])c1. The lowest BCUT2D eigenvalue weighted by Crippen LogP contribution is -2.12. The minimum Gasteiger partial charge on any atom is -0.492 e. The number of nitro groups is 1. The summed E-state index contributed by atoms with van der Waals surface area (Å²) >= 11 is 0. The molecule has 0 fully saturated rings. The van der Waals surface area contributed by atoms with Gasteiger partial charge < -0.3 is 10.1 Å². The second-order valence-corrected chi connectivity index (χ2v) is 4.24. The number of hydrogen-bond acceptors (Lipinski definition) is 5. The van der Waals surface area contributed by atoms with Crippen LogP contribution in [0.5, 0.6) is 5.75 Å². The normalized spacial score (nSPS) is 10.1. The summed E-state index contributed by atoms with van der Waals surface area (Å²) in [7, 11) is 0. The van der Waals surface area contributed by atoms with Crippen LogP contribution in [0.1, 0.15) is 5.56 Å². The molecule has 0 radical (unpaired) electrons. The third kappa shape index (κ3) is 3.68. The Hall–Kier alpha value is -2.63. The predicted octanol–water partition coefficient (Wildman–Crippen LogP) is 2.79. The summed E-state index contributed by atoms with van der Waals surface area (Å²) < 4.78 is 5.56. The summed E-state index contributed by atoms with van der Waals surface area (Å²) in [6, 6.07) is 9.30. The van der Waals surface area contributed by atoms with Crippen LogP contribution in [0.15, 0.2) is 42.7 Å². The van der Waals surface area contributed by atoms with E-state index < -0.39 is 4.92 Å². The molecule has 0 aliphatic heterocycles. The van der Waals surface area contributed by atoms with Gasteiger partial charge in [0.05, 0.1) is 4.92 Å². The summed E-state index contributed by atoms with van der Waals surface area (Å²) in [5, 5.41) is 13.8. The number of anilines is 1. The van der Waals surface area contributed by atoms with Crippen molar-refractivity contribution < 1.29 is 9.66 Å². The van der Waals surface area contributed by atoms with Gasteiger partial charge >= 0.3 is 5.69 Å². The van der Waals surface area contributed by atoms with E-state index >= 15 is 0 Å². The van der Waals surface area contributed by atoms with Crippen LogP contribution in [0.2, 0.25) is 0 Å². The van der Waals surface area contributed by atoms with Gasteiger partial charge in [-0.1, -0.05) is 12.1 Å². The highest BCUT2D eigenvalue weighted by Crippen LogP contribution is 2.21. The Balaban J connectivity index is 1.86. The summed E-state index contributed by atoms with van der Waals surface area (Å²) in [6.45, 7) is 2.88. The van der Waals surface area contributed by atoms with E-state index in [4.69, 9.17) is 4.74 Å². The Morgan fingerprint density at radius 2 is 2.25 bits per heavy atom. The minimum absolute atomic E-state index is 0.0388. The third-order valence-corrected chi connectivity index (χ3v) is 2.67. The lowest BCUT2D eigenvalue weighted by molar-refractivity contribution is -0.384. The number of hydrogen-bond donors (Lipinski definition) is 1. The second kappa shape index (κ2) is 6.51. The van der Waals surface area contributed by atoms with E-state index in [-0.39, 0.29) is 5.69 Å². The van der Waals surface area contributed by atoms with E-state index in [1.54, 1.807) is 6.07 Å². The topological polar surface area (TPSA) is 77.3 Å². The highest BCUT2D eigenvalue weighted by atomic mass is 16.6. The number of nitrogens with one attached hydrogen (secondary N) is 1. The van der Waals surface area contributed by atoms with Crippen molar-refractivity contribution in [3.63, 3.8) is 0 Å². The van der Waals surface area contributed by atoms with Crippen LogP contribution >= 0.6 is 0 Å². The van der Waals surface area contributed by atoms with Crippen molar-refractivity contribution in [1.29, 1.82) is 0 Å². The van der Waals surface area contributed by atoms with E-state index in [1.165, 1.54) is 12.4 Å². The molecule has 104 valence electrons. The summed E-state index contributed by atoms with van der Waals surface area (Å²) in [4.78, 5) is 14.1. The van der Waals surface area contributed by atoms with E-state index in [0.29, 0.717) is 18.8 Å². The van der Waals surface area contributed by atoms with E-state index in [2.05, 4.69) is 10.3 Å². The first-order valence-electron chi connectivity index (χ1n) is 6.18. The number of nitrogens with zero attached hydrogens (tertiary/aromatic N) is 2. The van der Waals surface area contributed by atoms with Crippen LogP contribution in [0.3, 0.4) is 0 Å². The molecule has 6 heteroatoms. The molecule has 1 aromatic carbocycles. The first-order chi connectivity index (χ1) is 9.66. The zero-order chi connectivity index (χ0) is 14.4. The first-order valence-corrected chi connectivity index (χ1v) is 6.18. The maximum absolute atomic E-state index is 10.8. The van der Waals surface area contributed by atoms with Crippen molar-refractivity contribution in [3.05, 3.63) is 58.4 Å². The molecule has 0 unspecified atom stereocenters. The lowest BCUT2D eigenvalue weighted by atomic mass is 10.2. The van der Waals surface area contributed by atoms with Crippen LogP contribution in [0, 0.1) is 17.0 Å². The van der Waals surface area contributed by atoms with E-state index in [0.717, 1.165) is 11.3 Å². The zero-order valence-corrected chi connectivity index (χ0v) is 11.1. The van der Waals surface area contributed by atoms with Crippen LogP contribution in [0.25, 0.3) is 0 Å². The van der Waals surface area contributed by atoms with Gasteiger partial charge in [-0.2, -0.15) is 0 Å². The fraction of sp³-hybridized carbons (Fsp3) is 0.214. The number of ether oxygens (including phenoxy) is 1. The monoisotopic (exact) mass is 273 g/mol. The third-order valence-electron chi connectivity index (χ3n) is 2.67. The molecule has 2 rings (SSSR count). The molecule has 0 aliphatic rings. The summed E-state index contributed by atoms with van der Waals surface area (Å²) in [5.41, 5.74) is 1.53. The quantitative estimate of drug-likeness (QED) is 0.497. The van der Waals surface area contributed by atoms with Crippen molar-refractivity contribution in [2.75, 3.05) is 18.5 Å². The highest BCUT2D eigenvalue weighted by molar-refractivity contribution is 5.59. The average molecular weight is 273 g/mol. The Morgan fingerprint density at radius 3 is 3.00 bits per heavy atom. The van der Waals surface area contributed by atoms with Gasteiger partial charge in [-0.3, -0.25) is 15.1 Å². The molecule has 1 aromatic heterocycles. The molecule has 0 aliphatic carbocycles. The standard InChI is InChI=1S/C14H15N3O3/c1-11-3-2-4-12(9-11)20-8-7-16-13-5-6-15-10-14(13)17(18)19/h2-6,9-10H,7-8H2,1H3,(H,15,16). The Kier molecular flexibility index (Phi) is 4.49. The van der Waals surface area contributed by atoms with Crippen LogP contribution < -0.4 is 10.1 Å². The van der Waals surface area contributed by atoms with Crippen molar-refractivity contribution in [1.82, 2.24) is 4.98 Å². The van der Waals surface area contributed by atoms with Crippen molar-refractivity contribution in [2.24, 2.45) is 0 Å². The number of pyridine rings is 1. The molecule has 0 spiro atoms. The smallest absolute Gasteiger partial charge is 0.310 e. The van der Waals surface area contributed by atoms with Gasteiger partial charge in [0.25, 0.3) is 0 Å². The number of rotatable bonds is 6. The van der Waals surface area contributed by atoms with Gasteiger partial charge in [-0.15, -0.1) is 0 Å². The predicted molar refractivity (Wildman–Crippen MR) is 76.1 cm³/mol. The molecule has 2 aromatic rings. The Morgan fingerprint density at radius 1 is 1.40 bits per heavy atom. The van der Waals surface area contributed by atoms with Gasteiger partial charge in [0.1, 0.15) is 24.2 Å². The number of aryl methyl sites for hydroxylation is 1. The van der Waals surface area contributed by atoms with Gasteiger partial charge in [-0.05, 0) is 30.7 Å². The fourth-order valence-electron chi connectivity index (χ4n) is 1.74. The van der Waals surface area contributed by atoms with Gasteiger partial charge in [0, 0.05) is 12.7 Å². The number of benzene rings is 1. The van der Waals surface area contributed by atoms with Gasteiger partial charge in [-0.25, -0.2) is 0 Å². The molecular weight excluding hydrogens is 258 g/mol. The molecule has 0 atom stereocenters. The molecule has 0 saturated carbocycles. The first kappa shape index (κ1) is 13.8. The van der Waals surface area contributed by atoms with Crippen LogP contribution in [0.4, 0.5) is 11.4 Å². The molecular formula is C14H15N3O3. The molecule has 0 saturated heterocycles. The lowest BCUT2D eigenvalue weighted by Gasteiger charge is -2.09. The van der Waals surface area contributed by atoms with E-state index in [9.17, 15) is 10.1 Å². The maximum atomic E-state index is 10.8. The van der Waals surface area contributed by atoms with Crippen LogP contribution in [-0.4, -0.2) is 23.1 Å². The molecule has 1 N–H and O–H groups in total. The average Bonchev–Trinajstić information content (AvgIpc) is 2.44. The largest absolute Gasteiger partial charge is 0.492 e. The molecule has 1 heterocycles. The van der Waals surface area contributed by atoms with Crippen molar-refractivity contribution in [3.8, 4) is 5.75 Å². The fourth-order valence-corrected chi connectivity index (χ4v) is 1.74. The van der Waals surface area contributed by atoms with Crippen molar-refractivity contribution >= 4 is 11.4 Å². The molecule has 0 amide bonds. The Labute approximate surface area is 116 Å². The molecule has 20 heavy (non-hydrogen) atoms. The maximum Gasteiger partial charge on any atom is 0.310 e. The van der Waals surface area contributed by atoms with Gasteiger partial charge in [0.15, 0.2) is 0 Å². The van der Waals surface area contributed by atoms with E-state index in [1.807, 2.05) is 31.2 Å². The Bertz CT molecular complexity index is 602. The number of aromatic nitrogens is 1. The highest BCUT2D eigenvalue weighted by Gasteiger charge is 2.12. The zero-order valence-electron chi connectivity index (χ0n) is 11.1. The summed E-state index contributed by atoms with van der Waals surface area (Å²) in [5.74, 6) is 0.788. The molecule has 6 nitrogen and oxygen atoms in total. The summed E-state index contributed by atoms with van der Waals surface area (Å²) in [6.07, 6.45) is 2.74. The van der Waals surface area contributed by atoms with Gasteiger partial charge in [0.2, 0.25) is 0 Å². The van der Waals surface area contributed by atoms with Crippen LogP contribution in [-0.2, 0) is 0 Å². The second-order valence-electron chi connectivity index (χ2n) is 4.24.